The molecule has 1 aliphatic heterocycles. The van der Waals surface area contributed by atoms with E-state index in [0.717, 1.165) is 50.9 Å². The minimum Gasteiger partial charge on any atom is -0.357 e. The number of nitrogens with one attached hydrogen (secondary N) is 2. The first-order chi connectivity index (χ1) is 11.3. The van der Waals surface area contributed by atoms with Crippen LogP contribution in [-0.2, 0) is 13.0 Å². The maximum atomic E-state index is 4.75. The minimum atomic E-state index is 0.690. The van der Waals surface area contributed by atoms with Crippen LogP contribution in [0.15, 0.2) is 11.3 Å². The Morgan fingerprint density at radius 2 is 2.22 bits per heavy atom. The van der Waals surface area contributed by atoms with Gasteiger partial charge in [-0.3, -0.25) is 4.99 Å². The fourth-order valence-corrected chi connectivity index (χ4v) is 2.95. The maximum absolute atomic E-state index is 4.75. The van der Waals surface area contributed by atoms with Crippen LogP contribution in [0, 0.1) is 5.92 Å². The van der Waals surface area contributed by atoms with Gasteiger partial charge in [-0.15, -0.1) is 10.2 Å². The van der Waals surface area contributed by atoms with E-state index in [2.05, 4.69) is 51.1 Å². The van der Waals surface area contributed by atoms with Crippen LogP contribution in [0.4, 0.5) is 0 Å². The van der Waals surface area contributed by atoms with Crippen LogP contribution < -0.4 is 10.6 Å². The molecule has 0 bridgehead atoms. The molecule has 7 heteroatoms. The number of nitrogens with zero attached hydrogens (tertiary/aromatic N) is 5. The summed E-state index contributed by atoms with van der Waals surface area (Å²) in [4.78, 5) is 7.25. The summed E-state index contributed by atoms with van der Waals surface area (Å²) < 4.78 is 2.09. The van der Waals surface area contributed by atoms with Gasteiger partial charge >= 0.3 is 0 Å². The average molecular weight is 321 g/mol. The van der Waals surface area contributed by atoms with Gasteiger partial charge in [-0.2, -0.15) is 0 Å². The van der Waals surface area contributed by atoms with E-state index in [4.69, 9.17) is 4.99 Å². The SMILES string of the molecule is CCNC(=NCC1CCN(CC)C1)NCCn1cnnc1CC. The van der Waals surface area contributed by atoms with E-state index in [1.807, 2.05) is 0 Å². The van der Waals surface area contributed by atoms with Crippen molar-refractivity contribution in [2.24, 2.45) is 10.9 Å². The normalized spacial score (nSPS) is 19.3. The zero-order valence-electron chi connectivity index (χ0n) is 14.8. The van der Waals surface area contributed by atoms with E-state index >= 15 is 0 Å². The lowest BCUT2D eigenvalue weighted by molar-refractivity contribution is 0.343. The lowest BCUT2D eigenvalue weighted by Gasteiger charge is -2.14. The number of aryl methyl sites for hydroxylation is 1. The average Bonchev–Trinajstić information content (AvgIpc) is 3.21. The number of aliphatic imine (C=N–C) groups is 1. The summed E-state index contributed by atoms with van der Waals surface area (Å²) in [6, 6.07) is 0. The Morgan fingerprint density at radius 3 is 2.91 bits per heavy atom. The van der Waals surface area contributed by atoms with Crippen molar-refractivity contribution in [1.29, 1.82) is 0 Å². The van der Waals surface area contributed by atoms with Gasteiger partial charge < -0.3 is 20.1 Å². The lowest BCUT2D eigenvalue weighted by atomic mass is 10.1. The molecular formula is C16H31N7. The molecule has 23 heavy (non-hydrogen) atoms. The third-order valence-corrected chi connectivity index (χ3v) is 4.33. The van der Waals surface area contributed by atoms with E-state index in [-0.39, 0.29) is 0 Å². The van der Waals surface area contributed by atoms with Crippen molar-refractivity contribution in [2.45, 2.75) is 40.2 Å². The largest absolute Gasteiger partial charge is 0.357 e. The Balaban J connectivity index is 1.77. The van der Waals surface area contributed by atoms with Gasteiger partial charge in [-0.1, -0.05) is 13.8 Å². The van der Waals surface area contributed by atoms with Gasteiger partial charge in [0.2, 0.25) is 0 Å². The summed E-state index contributed by atoms with van der Waals surface area (Å²) in [5.74, 6) is 2.63. The second-order valence-electron chi connectivity index (χ2n) is 5.99. The number of hydrogen-bond donors (Lipinski definition) is 2. The van der Waals surface area contributed by atoms with E-state index < -0.39 is 0 Å². The predicted octanol–water partition coefficient (Wildman–Crippen LogP) is 0.737. The molecule has 1 aromatic rings. The smallest absolute Gasteiger partial charge is 0.191 e. The third kappa shape index (κ3) is 5.49. The van der Waals surface area contributed by atoms with E-state index in [0.29, 0.717) is 5.92 Å². The number of aromatic nitrogens is 3. The fourth-order valence-electron chi connectivity index (χ4n) is 2.95. The molecule has 1 atom stereocenters. The Hall–Kier alpha value is -1.63. The van der Waals surface area contributed by atoms with Gasteiger partial charge in [0, 0.05) is 39.1 Å². The Labute approximate surface area is 139 Å². The summed E-state index contributed by atoms with van der Waals surface area (Å²) in [5.41, 5.74) is 0. The lowest BCUT2D eigenvalue weighted by Crippen LogP contribution is -2.39. The zero-order valence-corrected chi connectivity index (χ0v) is 14.8. The molecule has 0 spiro atoms. The van der Waals surface area contributed by atoms with Crippen LogP contribution in [-0.4, -0.2) is 64.9 Å². The molecular weight excluding hydrogens is 290 g/mol. The third-order valence-electron chi connectivity index (χ3n) is 4.33. The highest BCUT2D eigenvalue weighted by atomic mass is 15.3. The molecule has 130 valence electrons. The first kappa shape index (κ1) is 17.7. The van der Waals surface area contributed by atoms with Crippen molar-refractivity contribution in [3.05, 3.63) is 12.2 Å². The van der Waals surface area contributed by atoms with Gasteiger partial charge in [0.05, 0.1) is 0 Å². The summed E-state index contributed by atoms with van der Waals surface area (Å²) >= 11 is 0. The summed E-state index contributed by atoms with van der Waals surface area (Å²) in [6.45, 7) is 13.4. The summed E-state index contributed by atoms with van der Waals surface area (Å²) in [5, 5.41) is 14.8. The highest BCUT2D eigenvalue weighted by Crippen LogP contribution is 2.15. The van der Waals surface area contributed by atoms with Gasteiger partial charge in [0.15, 0.2) is 5.96 Å². The fraction of sp³-hybridized carbons (Fsp3) is 0.812. The molecule has 0 aliphatic carbocycles. The van der Waals surface area contributed by atoms with Crippen molar-refractivity contribution in [3.8, 4) is 0 Å². The number of hydrogen-bond acceptors (Lipinski definition) is 4. The molecule has 7 nitrogen and oxygen atoms in total. The second kappa shape index (κ2) is 9.50. The first-order valence-electron chi connectivity index (χ1n) is 8.88. The number of guanidine groups is 1. The minimum absolute atomic E-state index is 0.690. The van der Waals surface area contributed by atoms with E-state index in [1.165, 1.54) is 19.5 Å². The predicted molar refractivity (Wildman–Crippen MR) is 93.6 cm³/mol. The Kier molecular flexibility index (Phi) is 7.32. The topological polar surface area (TPSA) is 70.4 Å². The molecule has 0 amide bonds. The molecule has 2 rings (SSSR count). The molecule has 1 fully saturated rings. The van der Waals surface area contributed by atoms with Crippen LogP contribution in [0.2, 0.25) is 0 Å². The van der Waals surface area contributed by atoms with E-state index in [1.54, 1.807) is 6.33 Å². The molecule has 0 saturated carbocycles. The van der Waals surface area contributed by atoms with Crippen LogP contribution in [0.1, 0.15) is 33.0 Å². The molecule has 1 aromatic heterocycles. The van der Waals surface area contributed by atoms with Crippen molar-refractivity contribution < 1.29 is 0 Å². The van der Waals surface area contributed by atoms with Gasteiger partial charge in [-0.25, -0.2) is 0 Å². The monoisotopic (exact) mass is 321 g/mol. The van der Waals surface area contributed by atoms with Crippen LogP contribution in [0.3, 0.4) is 0 Å². The van der Waals surface area contributed by atoms with Crippen molar-refractivity contribution in [3.63, 3.8) is 0 Å². The number of rotatable bonds is 8. The molecule has 1 saturated heterocycles. The van der Waals surface area contributed by atoms with Crippen LogP contribution in [0.25, 0.3) is 0 Å². The van der Waals surface area contributed by atoms with Gasteiger partial charge in [0.1, 0.15) is 12.2 Å². The quantitative estimate of drug-likeness (QED) is 0.546. The van der Waals surface area contributed by atoms with Crippen LogP contribution in [0.5, 0.6) is 0 Å². The zero-order chi connectivity index (χ0) is 16.5. The van der Waals surface area contributed by atoms with Crippen LogP contribution >= 0.6 is 0 Å². The summed E-state index contributed by atoms with van der Waals surface area (Å²) in [6.07, 6.45) is 3.96. The first-order valence-corrected chi connectivity index (χ1v) is 8.88. The number of likely N-dealkylation sites (tertiary alicyclic amines) is 1. The Bertz CT molecular complexity index is 483. The Morgan fingerprint density at radius 1 is 1.35 bits per heavy atom. The molecule has 0 aromatic carbocycles. The van der Waals surface area contributed by atoms with Crippen molar-refractivity contribution >= 4 is 5.96 Å². The molecule has 1 aliphatic rings. The molecule has 2 heterocycles. The highest BCUT2D eigenvalue weighted by molar-refractivity contribution is 5.79. The van der Waals surface area contributed by atoms with Gasteiger partial charge in [-0.05, 0) is 32.4 Å². The van der Waals surface area contributed by atoms with Gasteiger partial charge in [0.25, 0.3) is 0 Å². The standard InChI is InChI=1S/C16H31N7/c1-4-15-21-20-13-23(15)10-8-18-16(17-5-2)19-11-14-7-9-22(6-3)12-14/h13-14H,4-12H2,1-3H3,(H2,17,18,19). The highest BCUT2D eigenvalue weighted by Gasteiger charge is 2.20. The second-order valence-corrected chi connectivity index (χ2v) is 5.99. The molecule has 1 unspecified atom stereocenters. The van der Waals surface area contributed by atoms with Crippen molar-refractivity contribution in [2.75, 3.05) is 39.3 Å². The molecule has 0 radical (unpaired) electrons. The maximum Gasteiger partial charge on any atom is 0.191 e. The van der Waals surface area contributed by atoms with Crippen molar-refractivity contribution in [1.82, 2.24) is 30.3 Å². The summed E-state index contributed by atoms with van der Waals surface area (Å²) in [7, 11) is 0. The van der Waals surface area contributed by atoms with E-state index in [9.17, 15) is 0 Å². The molecule has 2 N–H and O–H groups in total.